The summed E-state index contributed by atoms with van der Waals surface area (Å²) in [6.07, 6.45) is 3.95. The molecule has 1 aromatic carbocycles. The third-order valence-electron chi connectivity index (χ3n) is 2.02. The van der Waals surface area contributed by atoms with Crippen LogP contribution in [0.4, 0.5) is 0 Å². The van der Waals surface area contributed by atoms with Crippen molar-refractivity contribution in [1.29, 1.82) is 0 Å². The molecule has 0 radical (unpaired) electrons. The second-order valence-electron chi connectivity index (χ2n) is 3.09. The van der Waals surface area contributed by atoms with Gasteiger partial charge in [-0.25, -0.2) is 0 Å². The van der Waals surface area contributed by atoms with E-state index in [1.165, 1.54) is 0 Å². The third-order valence-corrected chi connectivity index (χ3v) is 2.02. The van der Waals surface area contributed by atoms with Crippen LogP contribution in [0.3, 0.4) is 0 Å². The number of hydrogen-bond acceptors (Lipinski definition) is 1. The average molecular weight is 185 g/mol. The zero-order valence-electron chi connectivity index (χ0n) is 8.70. The highest BCUT2D eigenvalue weighted by molar-refractivity contribution is 5.95. The summed E-state index contributed by atoms with van der Waals surface area (Å²) >= 11 is 0. The van der Waals surface area contributed by atoms with Crippen molar-refractivity contribution >= 4 is 11.3 Å². The molecule has 0 bridgehead atoms. The van der Waals surface area contributed by atoms with Gasteiger partial charge < -0.3 is 0 Å². The third kappa shape index (κ3) is 3.02. The van der Waals surface area contributed by atoms with Crippen LogP contribution in [0.2, 0.25) is 0 Å². The summed E-state index contributed by atoms with van der Waals surface area (Å²) in [7, 11) is 1.78. The molecule has 1 rings (SSSR count). The highest BCUT2D eigenvalue weighted by Gasteiger charge is 1.91. The Bertz CT molecular complexity index is 358. The first kappa shape index (κ1) is 10.5. The van der Waals surface area contributed by atoms with Crippen LogP contribution in [0.1, 0.15) is 12.5 Å². The molecule has 0 saturated heterocycles. The van der Waals surface area contributed by atoms with E-state index in [2.05, 4.69) is 11.6 Å². The molecular weight excluding hydrogens is 170 g/mol. The van der Waals surface area contributed by atoms with Crippen molar-refractivity contribution in [3.05, 3.63) is 54.6 Å². The molecule has 0 aliphatic carbocycles. The molecule has 1 heteroatoms. The van der Waals surface area contributed by atoms with Crippen LogP contribution in [-0.2, 0) is 0 Å². The Labute approximate surface area is 85.5 Å². The summed E-state index contributed by atoms with van der Waals surface area (Å²) in [6, 6.07) is 10.1. The maximum Gasteiger partial charge on any atom is 0.0314 e. The lowest BCUT2D eigenvalue weighted by molar-refractivity contribution is 1.43. The van der Waals surface area contributed by atoms with E-state index < -0.39 is 0 Å². The number of allylic oxidation sites excluding steroid dienone is 3. The summed E-state index contributed by atoms with van der Waals surface area (Å²) in [5.41, 5.74) is 3.16. The number of benzene rings is 1. The predicted octanol–water partition coefficient (Wildman–Crippen LogP) is 3.35. The molecule has 0 unspecified atom stereocenters. The minimum absolute atomic E-state index is 1.00. The molecule has 0 amide bonds. The topological polar surface area (TPSA) is 12.4 Å². The van der Waals surface area contributed by atoms with Gasteiger partial charge in [0.1, 0.15) is 0 Å². The van der Waals surface area contributed by atoms with Crippen LogP contribution in [0.15, 0.2) is 54.1 Å². The fourth-order valence-electron chi connectivity index (χ4n) is 1.04. The van der Waals surface area contributed by atoms with Crippen LogP contribution in [0, 0.1) is 0 Å². The molecule has 0 aliphatic heterocycles. The Hall–Kier alpha value is -1.63. The lowest BCUT2D eigenvalue weighted by atomic mass is 10.1. The average Bonchev–Trinajstić information content (AvgIpc) is 2.26. The molecule has 1 aromatic rings. The number of aliphatic imine (C=N–C) groups is 1. The van der Waals surface area contributed by atoms with Crippen molar-refractivity contribution in [2.45, 2.75) is 6.92 Å². The van der Waals surface area contributed by atoms with Crippen molar-refractivity contribution in [2.75, 3.05) is 7.05 Å². The van der Waals surface area contributed by atoms with E-state index in [-0.39, 0.29) is 0 Å². The molecule has 0 aliphatic rings. The maximum atomic E-state index is 4.04. The SMILES string of the molecule is C=C(/C=C\C(C)=NC)c1ccccc1. The van der Waals surface area contributed by atoms with Gasteiger partial charge in [-0.3, -0.25) is 4.99 Å². The molecular formula is C13H15N. The van der Waals surface area contributed by atoms with E-state index >= 15 is 0 Å². The molecule has 0 spiro atoms. The number of rotatable bonds is 3. The van der Waals surface area contributed by atoms with Gasteiger partial charge >= 0.3 is 0 Å². The molecule has 0 N–H and O–H groups in total. The second kappa shape index (κ2) is 5.18. The van der Waals surface area contributed by atoms with Crippen molar-refractivity contribution in [1.82, 2.24) is 0 Å². The first-order valence-corrected chi connectivity index (χ1v) is 4.60. The smallest absolute Gasteiger partial charge is 0.0314 e. The molecule has 0 aromatic heterocycles. The standard InChI is InChI=1S/C13H15N/c1-11(9-10-12(2)14-3)13-7-5-4-6-8-13/h4-10H,1H2,2-3H3/b10-9-,14-12?. The van der Waals surface area contributed by atoms with E-state index in [1.807, 2.05) is 49.4 Å². The zero-order valence-corrected chi connectivity index (χ0v) is 8.70. The van der Waals surface area contributed by atoms with E-state index in [1.54, 1.807) is 7.05 Å². The largest absolute Gasteiger partial charge is 0.293 e. The highest BCUT2D eigenvalue weighted by Crippen LogP contribution is 2.12. The summed E-state index contributed by atoms with van der Waals surface area (Å²) in [6.45, 7) is 5.96. The first-order chi connectivity index (χ1) is 6.74. The van der Waals surface area contributed by atoms with E-state index in [4.69, 9.17) is 0 Å². The normalized spacial score (nSPS) is 12.0. The summed E-state index contributed by atoms with van der Waals surface area (Å²) in [5.74, 6) is 0. The van der Waals surface area contributed by atoms with Gasteiger partial charge in [0.25, 0.3) is 0 Å². The molecule has 14 heavy (non-hydrogen) atoms. The van der Waals surface area contributed by atoms with Crippen LogP contribution in [0.5, 0.6) is 0 Å². The summed E-state index contributed by atoms with van der Waals surface area (Å²) in [5, 5.41) is 0. The predicted molar refractivity (Wildman–Crippen MR) is 63.6 cm³/mol. The Morgan fingerprint density at radius 1 is 1.21 bits per heavy atom. The van der Waals surface area contributed by atoms with E-state index in [9.17, 15) is 0 Å². The fourth-order valence-corrected chi connectivity index (χ4v) is 1.04. The van der Waals surface area contributed by atoms with Gasteiger partial charge in [0.05, 0.1) is 0 Å². The van der Waals surface area contributed by atoms with Gasteiger partial charge in [-0.1, -0.05) is 43.0 Å². The lowest BCUT2D eigenvalue weighted by Crippen LogP contribution is -1.83. The molecule has 0 heterocycles. The van der Waals surface area contributed by atoms with Gasteiger partial charge in [-0.05, 0) is 24.1 Å². The van der Waals surface area contributed by atoms with Gasteiger partial charge in [0.15, 0.2) is 0 Å². The minimum Gasteiger partial charge on any atom is -0.293 e. The Kier molecular flexibility index (Phi) is 3.86. The fraction of sp³-hybridized carbons (Fsp3) is 0.154. The lowest BCUT2D eigenvalue weighted by Gasteiger charge is -1.98. The molecule has 0 saturated carbocycles. The Morgan fingerprint density at radius 2 is 1.86 bits per heavy atom. The van der Waals surface area contributed by atoms with Crippen molar-refractivity contribution in [3.8, 4) is 0 Å². The number of nitrogens with zero attached hydrogens (tertiary/aromatic N) is 1. The van der Waals surface area contributed by atoms with Crippen LogP contribution in [0.25, 0.3) is 5.57 Å². The zero-order chi connectivity index (χ0) is 10.4. The maximum absolute atomic E-state index is 4.04. The molecule has 72 valence electrons. The van der Waals surface area contributed by atoms with Gasteiger partial charge in [0.2, 0.25) is 0 Å². The van der Waals surface area contributed by atoms with Crippen molar-refractivity contribution in [3.63, 3.8) is 0 Å². The Balaban J connectivity index is 2.74. The van der Waals surface area contributed by atoms with Gasteiger partial charge in [-0.15, -0.1) is 0 Å². The Morgan fingerprint density at radius 3 is 2.43 bits per heavy atom. The van der Waals surface area contributed by atoms with Crippen LogP contribution in [-0.4, -0.2) is 12.8 Å². The first-order valence-electron chi connectivity index (χ1n) is 4.60. The van der Waals surface area contributed by atoms with Crippen LogP contribution >= 0.6 is 0 Å². The van der Waals surface area contributed by atoms with Gasteiger partial charge in [0, 0.05) is 12.8 Å². The van der Waals surface area contributed by atoms with Gasteiger partial charge in [-0.2, -0.15) is 0 Å². The van der Waals surface area contributed by atoms with E-state index in [0.717, 1.165) is 16.8 Å². The summed E-state index contributed by atoms with van der Waals surface area (Å²) in [4.78, 5) is 4.04. The minimum atomic E-state index is 1.00. The molecule has 0 atom stereocenters. The van der Waals surface area contributed by atoms with Crippen LogP contribution < -0.4 is 0 Å². The number of hydrogen-bond donors (Lipinski definition) is 0. The quantitative estimate of drug-likeness (QED) is 0.506. The molecule has 0 fully saturated rings. The second-order valence-corrected chi connectivity index (χ2v) is 3.09. The van der Waals surface area contributed by atoms with Crippen molar-refractivity contribution < 1.29 is 0 Å². The van der Waals surface area contributed by atoms with Crippen molar-refractivity contribution in [2.24, 2.45) is 4.99 Å². The highest BCUT2D eigenvalue weighted by atomic mass is 14.7. The van der Waals surface area contributed by atoms with E-state index in [0.29, 0.717) is 0 Å². The summed E-state index contributed by atoms with van der Waals surface area (Å²) < 4.78 is 0. The molecule has 1 nitrogen and oxygen atoms in total. The monoisotopic (exact) mass is 185 g/mol.